The summed E-state index contributed by atoms with van der Waals surface area (Å²) in [5.41, 5.74) is 5.99. The Kier molecular flexibility index (Phi) is 8.47. The molecule has 0 aliphatic heterocycles. The van der Waals surface area contributed by atoms with Crippen molar-refractivity contribution in [2.24, 2.45) is 0 Å². The highest BCUT2D eigenvalue weighted by Crippen LogP contribution is 2.49. The molecule has 0 aliphatic rings. The van der Waals surface area contributed by atoms with E-state index in [1.54, 1.807) is 27.3 Å². The normalized spacial score (nSPS) is 12.4. The summed E-state index contributed by atoms with van der Waals surface area (Å²) in [4.78, 5) is 0. The molecule has 0 spiro atoms. The van der Waals surface area contributed by atoms with Crippen LogP contribution >= 0.6 is 0 Å². The first-order valence-corrected chi connectivity index (χ1v) is 23.0. The van der Waals surface area contributed by atoms with Crippen molar-refractivity contribution in [2.75, 3.05) is 0 Å². The van der Waals surface area contributed by atoms with Gasteiger partial charge in [0, 0.05) is 66.1 Å². The Morgan fingerprint density at radius 3 is 1.04 bits per heavy atom. The average molecular weight is 919 g/mol. The third-order valence-electron chi connectivity index (χ3n) is 14.1. The number of hydrogen-bond donors (Lipinski definition) is 0. The molecule has 14 aromatic rings. The van der Waals surface area contributed by atoms with E-state index in [1.165, 1.54) is 6.07 Å². The fourth-order valence-corrected chi connectivity index (χ4v) is 11.3. The summed E-state index contributed by atoms with van der Waals surface area (Å²) in [6, 6.07) is 65.0. The van der Waals surface area contributed by atoms with Crippen LogP contribution in [0.5, 0.6) is 0 Å². The average Bonchev–Trinajstić information content (AvgIpc) is 4.10. The maximum Gasteiger partial charge on any atom is 0.420 e. The van der Waals surface area contributed by atoms with Crippen molar-refractivity contribution in [3.63, 3.8) is 0 Å². The van der Waals surface area contributed by atoms with Crippen LogP contribution in [-0.2, 0) is 6.18 Å². The molecule has 0 saturated heterocycles. The van der Waals surface area contributed by atoms with Crippen molar-refractivity contribution >= 4 is 87.2 Å². The molecule has 9 heteroatoms. The van der Waals surface area contributed by atoms with Gasteiger partial charge in [-0.25, -0.2) is 8.78 Å². The summed E-state index contributed by atoms with van der Waals surface area (Å²) >= 11 is 0. The second kappa shape index (κ2) is 14.8. The van der Waals surface area contributed by atoms with Gasteiger partial charge in [0.05, 0.1) is 55.5 Å². The predicted molar refractivity (Wildman–Crippen MR) is 274 cm³/mol. The molecule has 0 bridgehead atoms. The summed E-state index contributed by atoms with van der Waals surface area (Å²) in [5, 5.41) is 7.14. The number of halogens is 5. The number of alkyl halides is 3. The molecule has 0 fully saturated rings. The fraction of sp³-hybridized carbons (Fsp3) is 0.0164. The third kappa shape index (κ3) is 5.75. The van der Waals surface area contributed by atoms with Gasteiger partial charge < -0.3 is 18.3 Å². The van der Waals surface area contributed by atoms with Crippen LogP contribution in [0.3, 0.4) is 0 Å². The number of nitrogens with zero attached hydrogens (tertiary/aromatic N) is 4. The number of hydrogen-bond acceptors (Lipinski definition) is 0. The van der Waals surface area contributed by atoms with Crippen LogP contribution in [0.1, 0.15) is 5.56 Å². The second-order valence-electron chi connectivity index (χ2n) is 17.9. The zero-order valence-corrected chi connectivity index (χ0v) is 36.9. The lowest BCUT2D eigenvalue weighted by molar-refractivity contribution is -0.137. The number of para-hydroxylation sites is 6. The van der Waals surface area contributed by atoms with Gasteiger partial charge in [-0.3, -0.25) is 0 Å². The first kappa shape index (κ1) is 40.1. The first-order chi connectivity index (χ1) is 34.2. The van der Waals surface area contributed by atoms with Crippen molar-refractivity contribution in [1.29, 1.82) is 0 Å². The number of rotatable bonds is 5. The molecule has 10 aromatic carbocycles. The first-order valence-electron chi connectivity index (χ1n) is 23.0. The summed E-state index contributed by atoms with van der Waals surface area (Å²) in [5.74, 6) is -1.82. The van der Waals surface area contributed by atoms with Crippen molar-refractivity contribution in [2.45, 2.75) is 6.18 Å². The Hall–Kier alpha value is -8.95. The van der Waals surface area contributed by atoms with Crippen molar-refractivity contribution in [3.05, 3.63) is 230 Å². The Bertz CT molecular complexity index is 4380. The molecule has 4 nitrogen and oxygen atoms in total. The molecule has 0 aliphatic carbocycles. The minimum absolute atomic E-state index is 0.00568. The lowest BCUT2D eigenvalue weighted by Crippen LogP contribution is -2.17. The van der Waals surface area contributed by atoms with Crippen molar-refractivity contribution in [3.8, 4) is 33.9 Å². The maximum absolute atomic E-state index is 17.1. The van der Waals surface area contributed by atoms with E-state index >= 15 is 22.0 Å². The molecule has 0 amide bonds. The molecule has 0 saturated carbocycles. The van der Waals surface area contributed by atoms with E-state index in [2.05, 4.69) is 45.5 Å². The highest BCUT2D eigenvalue weighted by molar-refractivity contribution is 6.14. The Balaban J connectivity index is 1.13. The zero-order valence-electron chi connectivity index (χ0n) is 36.9. The smallest absolute Gasteiger partial charge is 0.309 e. The molecule has 334 valence electrons. The van der Waals surface area contributed by atoms with Gasteiger partial charge in [0.25, 0.3) is 0 Å². The van der Waals surface area contributed by atoms with Crippen LogP contribution < -0.4 is 0 Å². The summed E-state index contributed by atoms with van der Waals surface area (Å²) < 4.78 is 89.7. The number of benzene rings is 10. The lowest BCUT2D eigenvalue weighted by Gasteiger charge is -2.24. The van der Waals surface area contributed by atoms with Gasteiger partial charge in [-0.05, 0) is 84.4 Å². The van der Waals surface area contributed by atoms with Crippen molar-refractivity contribution < 1.29 is 22.0 Å². The zero-order chi connectivity index (χ0) is 47.0. The standard InChI is InChI=1S/C61H35F5N4/c62-37-31-36(32-38(63)33-37)41-29-30-56(69-54-23-11-5-17-46(54)48-27-25-39(34-57(48)69)67-50-19-7-1-13-42(50)43-14-2-8-20-51(43)67)59(61(64,65)66)60(41)70-55-24-12-6-18-47(55)49-28-26-40(35-58(49)70)68-52-21-9-3-15-44(52)45-16-4-10-22-53(45)68/h1-35H. The molecular formula is C61H35F5N4. The van der Waals surface area contributed by atoms with E-state index in [0.717, 1.165) is 84.0 Å². The van der Waals surface area contributed by atoms with Crippen LogP contribution in [0, 0.1) is 11.6 Å². The second-order valence-corrected chi connectivity index (χ2v) is 17.9. The maximum atomic E-state index is 17.1. The Morgan fingerprint density at radius 2 is 0.643 bits per heavy atom. The van der Waals surface area contributed by atoms with Gasteiger partial charge in [-0.15, -0.1) is 0 Å². The predicted octanol–water partition coefficient (Wildman–Crippen LogP) is 17.0. The van der Waals surface area contributed by atoms with E-state index in [4.69, 9.17) is 0 Å². The van der Waals surface area contributed by atoms with Crippen LogP contribution in [0.4, 0.5) is 22.0 Å². The van der Waals surface area contributed by atoms with Crippen LogP contribution in [0.2, 0.25) is 0 Å². The van der Waals surface area contributed by atoms with E-state index in [-0.39, 0.29) is 22.5 Å². The SMILES string of the molecule is Fc1cc(F)cc(-c2ccc(-n3c4ccccc4c4ccc(-n5c6ccccc6c6ccccc65)cc43)c(C(F)(F)F)c2-n2c3ccccc3c3ccc(-n4c5ccccc5c5ccccc54)cc32)c1. The van der Waals surface area contributed by atoms with Crippen LogP contribution in [0.25, 0.3) is 121 Å². The van der Waals surface area contributed by atoms with Gasteiger partial charge in [0.2, 0.25) is 0 Å². The molecule has 4 heterocycles. The largest absolute Gasteiger partial charge is 0.420 e. The van der Waals surface area contributed by atoms with Gasteiger partial charge >= 0.3 is 6.18 Å². The fourth-order valence-electron chi connectivity index (χ4n) is 11.3. The third-order valence-corrected chi connectivity index (χ3v) is 14.1. The quantitative estimate of drug-likeness (QED) is 0.153. The van der Waals surface area contributed by atoms with Crippen LogP contribution in [-0.4, -0.2) is 18.3 Å². The van der Waals surface area contributed by atoms with Crippen molar-refractivity contribution in [1.82, 2.24) is 18.3 Å². The molecule has 0 N–H and O–H groups in total. The minimum atomic E-state index is -5.02. The topological polar surface area (TPSA) is 19.7 Å². The van der Waals surface area contributed by atoms with Gasteiger partial charge in [0.15, 0.2) is 0 Å². The number of fused-ring (bicyclic) bond motifs is 12. The lowest BCUT2D eigenvalue weighted by atomic mass is 9.96. The van der Waals surface area contributed by atoms with E-state index in [1.807, 2.05) is 133 Å². The molecular weight excluding hydrogens is 884 g/mol. The highest BCUT2D eigenvalue weighted by atomic mass is 19.4. The van der Waals surface area contributed by atoms with Gasteiger partial charge in [-0.1, -0.05) is 127 Å². The molecule has 14 rings (SSSR count). The number of aromatic nitrogens is 4. The Labute approximate surface area is 395 Å². The highest BCUT2D eigenvalue weighted by Gasteiger charge is 2.40. The van der Waals surface area contributed by atoms with E-state index in [0.29, 0.717) is 32.8 Å². The molecule has 0 atom stereocenters. The van der Waals surface area contributed by atoms with Gasteiger partial charge in [-0.2, -0.15) is 13.2 Å². The van der Waals surface area contributed by atoms with Gasteiger partial charge in [0.1, 0.15) is 17.2 Å². The van der Waals surface area contributed by atoms with E-state index in [9.17, 15) is 0 Å². The summed E-state index contributed by atoms with van der Waals surface area (Å²) in [6.45, 7) is 0. The Morgan fingerprint density at radius 1 is 0.300 bits per heavy atom. The van der Waals surface area contributed by atoms with Crippen LogP contribution in [0.15, 0.2) is 212 Å². The van der Waals surface area contributed by atoms with E-state index < -0.39 is 23.4 Å². The summed E-state index contributed by atoms with van der Waals surface area (Å²) in [6.07, 6.45) is -5.02. The monoisotopic (exact) mass is 918 g/mol. The molecule has 0 unspecified atom stereocenters. The molecule has 0 radical (unpaired) electrons. The molecule has 70 heavy (non-hydrogen) atoms. The summed E-state index contributed by atoms with van der Waals surface area (Å²) in [7, 11) is 0. The minimum Gasteiger partial charge on any atom is -0.309 e. The molecule has 4 aromatic heterocycles.